The van der Waals surface area contributed by atoms with Gasteiger partial charge >= 0.3 is 6.18 Å². The van der Waals surface area contributed by atoms with E-state index >= 15 is 0 Å². The predicted molar refractivity (Wildman–Crippen MR) is 93.3 cm³/mol. The highest BCUT2D eigenvalue weighted by molar-refractivity contribution is 9.10. The first-order chi connectivity index (χ1) is 11.8. The maximum absolute atomic E-state index is 12.7. The van der Waals surface area contributed by atoms with E-state index in [1.807, 2.05) is 0 Å². The highest BCUT2D eigenvalue weighted by Gasteiger charge is 2.30. The molecule has 0 saturated heterocycles. The van der Waals surface area contributed by atoms with Crippen LogP contribution in [0.1, 0.15) is 16.7 Å². The first-order valence-corrected chi connectivity index (χ1v) is 7.75. The molecule has 0 radical (unpaired) electrons. The van der Waals surface area contributed by atoms with Gasteiger partial charge in [0.2, 0.25) is 5.96 Å². The van der Waals surface area contributed by atoms with Crippen LogP contribution in [0.2, 0.25) is 0 Å². The molecule has 2 aromatic carbocycles. The highest BCUT2D eigenvalue weighted by atomic mass is 79.9. The molecule has 0 amide bonds. The van der Waals surface area contributed by atoms with Crippen molar-refractivity contribution in [1.82, 2.24) is 0 Å². The monoisotopic (exact) mass is 414 g/mol. The van der Waals surface area contributed by atoms with Crippen molar-refractivity contribution in [2.45, 2.75) is 12.8 Å². The first-order valence-electron chi connectivity index (χ1n) is 6.96. The topological polar surface area (TPSA) is 86.0 Å². The normalized spacial score (nSPS) is 11.5. The Labute approximate surface area is 150 Å². The molecule has 0 aliphatic rings. The number of nitrogens with two attached hydrogens (primary N) is 2. The zero-order valence-corrected chi connectivity index (χ0v) is 14.4. The van der Waals surface area contributed by atoms with Crippen LogP contribution in [0.25, 0.3) is 0 Å². The Morgan fingerprint density at radius 1 is 1.16 bits per heavy atom. The highest BCUT2D eigenvalue weighted by Crippen LogP contribution is 2.30. The first kappa shape index (κ1) is 18.8. The molecule has 0 fully saturated rings. The van der Waals surface area contributed by atoms with Crippen LogP contribution in [0.5, 0.6) is 5.75 Å². The Bertz CT molecular complexity index is 802. The predicted octanol–water partition coefficient (Wildman–Crippen LogP) is 3.65. The number of halogens is 4. The van der Waals surface area contributed by atoms with Crippen LogP contribution in [0.4, 0.5) is 13.2 Å². The average Bonchev–Trinajstić information content (AvgIpc) is 2.53. The number of guanidine groups is 1. The minimum atomic E-state index is -4.40. The van der Waals surface area contributed by atoms with E-state index in [0.717, 1.165) is 16.6 Å². The van der Waals surface area contributed by atoms with Gasteiger partial charge in [-0.15, -0.1) is 5.10 Å². The summed E-state index contributed by atoms with van der Waals surface area (Å²) >= 11 is 3.32. The number of rotatable bonds is 5. The van der Waals surface area contributed by atoms with Crippen LogP contribution in [0, 0.1) is 0 Å². The van der Waals surface area contributed by atoms with E-state index in [2.05, 4.69) is 26.1 Å². The van der Waals surface area contributed by atoms with Gasteiger partial charge in [0.05, 0.1) is 11.8 Å². The Hall–Kier alpha value is -2.55. The molecular weight excluding hydrogens is 401 g/mol. The molecule has 4 N–H and O–H groups in total. The molecule has 2 aromatic rings. The van der Waals surface area contributed by atoms with Crippen LogP contribution in [0.15, 0.2) is 57.1 Å². The van der Waals surface area contributed by atoms with Crippen LogP contribution in [-0.2, 0) is 12.8 Å². The average molecular weight is 415 g/mol. The molecule has 0 unspecified atom stereocenters. The van der Waals surface area contributed by atoms with Crippen LogP contribution < -0.4 is 16.2 Å². The van der Waals surface area contributed by atoms with Crippen LogP contribution in [0.3, 0.4) is 0 Å². The molecule has 2 rings (SSSR count). The largest absolute Gasteiger partial charge is 0.488 e. The van der Waals surface area contributed by atoms with Crippen molar-refractivity contribution < 1.29 is 17.9 Å². The number of alkyl halides is 3. The minimum Gasteiger partial charge on any atom is -0.488 e. The standard InChI is InChI=1S/C16H14BrF3N4O/c17-13-4-5-14(11(7-13)8-23-24-15(21)22)25-9-10-2-1-3-12(6-10)16(18,19)20/h1-8H,9H2,(H4,21,22,24). The van der Waals surface area contributed by atoms with Gasteiger partial charge in [0.1, 0.15) is 12.4 Å². The van der Waals surface area contributed by atoms with Gasteiger partial charge in [-0.1, -0.05) is 28.1 Å². The number of nitrogens with zero attached hydrogens (tertiary/aromatic N) is 2. The Balaban J connectivity index is 2.18. The quantitative estimate of drug-likeness (QED) is 0.444. The van der Waals surface area contributed by atoms with Gasteiger partial charge in [0.25, 0.3) is 0 Å². The lowest BCUT2D eigenvalue weighted by atomic mass is 10.1. The molecule has 0 aliphatic heterocycles. The summed E-state index contributed by atoms with van der Waals surface area (Å²) in [5, 5.41) is 7.20. The van der Waals surface area contributed by atoms with Gasteiger partial charge in [0, 0.05) is 10.0 Å². The second kappa shape index (κ2) is 8.02. The molecule has 0 saturated carbocycles. The van der Waals surface area contributed by atoms with Crippen molar-refractivity contribution in [2.24, 2.45) is 21.7 Å². The Morgan fingerprint density at radius 2 is 1.92 bits per heavy atom. The van der Waals surface area contributed by atoms with E-state index in [0.29, 0.717) is 16.9 Å². The Morgan fingerprint density at radius 3 is 2.60 bits per heavy atom. The zero-order valence-electron chi connectivity index (χ0n) is 12.8. The van der Waals surface area contributed by atoms with E-state index in [-0.39, 0.29) is 12.6 Å². The van der Waals surface area contributed by atoms with Crippen LogP contribution in [-0.4, -0.2) is 12.2 Å². The second-order valence-corrected chi connectivity index (χ2v) is 5.85. The van der Waals surface area contributed by atoms with Crippen LogP contribution >= 0.6 is 15.9 Å². The van der Waals surface area contributed by atoms with E-state index in [4.69, 9.17) is 16.2 Å². The molecular formula is C16H14BrF3N4O. The summed E-state index contributed by atoms with van der Waals surface area (Å²) in [6.45, 7) is -0.0330. The lowest BCUT2D eigenvalue weighted by Gasteiger charge is -2.11. The molecule has 5 nitrogen and oxygen atoms in total. The van der Waals surface area contributed by atoms with Gasteiger partial charge in [-0.05, 0) is 35.9 Å². The smallest absolute Gasteiger partial charge is 0.416 e. The minimum absolute atomic E-state index is 0.0330. The number of benzene rings is 2. The molecule has 0 spiro atoms. The summed E-state index contributed by atoms with van der Waals surface area (Å²) in [6, 6.07) is 10.1. The van der Waals surface area contributed by atoms with Gasteiger partial charge in [0.15, 0.2) is 0 Å². The van der Waals surface area contributed by atoms with Crippen molar-refractivity contribution >= 4 is 28.1 Å². The third-order valence-corrected chi connectivity index (χ3v) is 3.48. The third kappa shape index (κ3) is 5.79. The lowest BCUT2D eigenvalue weighted by Crippen LogP contribution is -2.21. The third-order valence-electron chi connectivity index (χ3n) is 2.99. The van der Waals surface area contributed by atoms with Crippen molar-refractivity contribution in [3.8, 4) is 5.75 Å². The summed E-state index contributed by atoms with van der Waals surface area (Å²) < 4.78 is 44.6. The van der Waals surface area contributed by atoms with Crippen molar-refractivity contribution in [3.05, 3.63) is 63.6 Å². The second-order valence-electron chi connectivity index (χ2n) is 4.94. The van der Waals surface area contributed by atoms with Crippen molar-refractivity contribution in [1.29, 1.82) is 0 Å². The van der Waals surface area contributed by atoms with E-state index < -0.39 is 11.7 Å². The molecule has 0 heterocycles. The van der Waals surface area contributed by atoms with E-state index in [9.17, 15) is 13.2 Å². The lowest BCUT2D eigenvalue weighted by molar-refractivity contribution is -0.137. The molecule has 0 aliphatic carbocycles. The molecule has 25 heavy (non-hydrogen) atoms. The number of hydrogen-bond donors (Lipinski definition) is 2. The van der Waals surface area contributed by atoms with E-state index in [1.165, 1.54) is 12.3 Å². The Kier molecular flexibility index (Phi) is 6.02. The maximum atomic E-state index is 12.7. The summed E-state index contributed by atoms with van der Waals surface area (Å²) in [5.41, 5.74) is 10.6. The molecule has 0 aromatic heterocycles. The fourth-order valence-electron chi connectivity index (χ4n) is 1.91. The SMILES string of the molecule is NC(N)=NN=Cc1cc(Br)ccc1OCc1cccc(C(F)(F)F)c1. The maximum Gasteiger partial charge on any atom is 0.416 e. The fourth-order valence-corrected chi connectivity index (χ4v) is 2.29. The summed E-state index contributed by atoms with van der Waals surface area (Å²) in [5.74, 6) is 0.229. The van der Waals surface area contributed by atoms with Gasteiger partial charge in [-0.3, -0.25) is 0 Å². The zero-order chi connectivity index (χ0) is 18.4. The molecule has 9 heteroatoms. The van der Waals surface area contributed by atoms with Crippen molar-refractivity contribution in [2.75, 3.05) is 0 Å². The van der Waals surface area contributed by atoms with E-state index in [1.54, 1.807) is 24.3 Å². The number of hydrogen-bond acceptors (Lipinski definition) is 3. The summed E-state index contributed by atoms with van der Waals surface area (Å²) in [6.07, 6.45) is -3.02. The van der Waals surface area contributed by atoms with Gasteiger partial charge in [-0.2, -0.15) is 18.3 Å². The van der Waals surface area contributed by atoms with Gasteiger partial charge < -0.3 is 16.2 Å². The molecule has 0 bridgehead atoms. The fraction of sp³-hybridized carbons (Fsp3) is 0.125. The number of ether oxygens (including phenoxy) is 1. The summed E-state index contributed by atoms with van der Waals surface area (Å²) in [7, 11) is 0. The van der Waals surface area contributed by atoms with Crippen molar-refractivity contribution in [3.63, 3.8) is 0 Å². The molecule has 0 atom stereocenters. The summed E-state index contributed by atoms with van der Waals surface area (Å²) in [4.78, 5) is 0. The molecule has 132 valence electrons. The van der Waals surface area contributed by atoms with Gasteiger partial charge in [-0.25, -0.2) is 0 Å².